The van der Waals surface area contributed by atoms with Crippen LogP contribution in [0.1, 0.15) is 42.4 Å². The Hall–Kier alpha value is -1.84. The molecule has 3 rings (SSSR count). The first-order valence-corrected chi connectivity index (χ1v) is 8.79. The van der Waals surface area contributed by atoms with Gasteiger partial charge in [0.1, 0.15) is 0 Å². The van der Waals surface area contributed by atoms with Crippen LogP contribution in [-0.4, -0.2) is 41.8 Å². The molecule has 0 saturated carbocycles. The lowest BCUT2D eigenvalue weighted by Crippen LogP contribution is -2.50. The number of amides is 1. The third-order valence-electron chi connectivity index (χ3n) is 5.93. The lowest BCUT2D eigenvalue weighted by Gasteiger charge is -2.36. The van der Waals surface area contributed by atoms with Gasteiger partial charge in [0, 0.05) is 17.5 Å². The number of benzene rings is 1. The van der Waals surface area contributed by atoms with Gasteiger partial charge in [-0.2, -0.15) is 26.3 Å². The van der Waals surface area contributed by atoms with Crippen LogP contribution in [0.4, 0.5) is 30.7 Å². The second-order valence-corrected chi connectivity index (χ2v) is 7.38. The molecular weight excluding hydrogens is 393 g/mol. The van der Waals surface area contributed by atoms with Crippen LogP contribution in [0, 0.1) is 0 Å². The van der Waals surface area contributed by atoms with Crippen molar-refractivity contribution < 1.29 is 35.5 Å². The van der Waals surface area contributed by atoms with Gasteiger partial charge in [0.05, 0.1) is 6.04 Å². The summed E-state index contributed by atoms with van der Waals surface area (Å²) in [6, 6.07) is 1.81. The molecule has 0 aromatic heterocycles. The van der Waals surface area contributed by atoms with E-state index in [-0.39, 0.29) is 23.9 Å². The summed E-state index contributed by atoms with van der Waals surface area (Å²) >= 11 is 0. The number of halogens is 7. The summed E-state index contributed by atoms with van der Waals surface area (Å²) in [6.07, 6.45) is -11.0. The average molecular weight is 412 g/mol. The molecule has 0 spiro atoms. The average Bonchev–Trinajstić information content (AvgIpc) is 3.01. The Kier molecular flexibility index (Phi) is 4.92. The van der Waals surface area contributed by atoms with Gasteiger partial charge >= 0.3 is 18.0 Å². The summed E-state index contributed by atoms with van der Waals surface area (Å²) in [6.45, 7) is 2.20. The zero-order chi connectivity index (χ0) is 21.1. The van der Waals surface area contributed by atoms with Crippen LogP contribution in [0.2, 0.25) is 0 Å². The van der Waals surface area contributed by atoms with E-state index in [0.29, 0.717) is 37.1 Å². The zero-order valence-electron chi connectivity index (χ0n) is 14.9. The lowest BCUT2D eigenvalue weighted by molar-refractivity contribution is -0.348. The topological polar surface area (TPSA) is 46.3 Å². The number of carbonyl (C=O) groups excluding carboxylic acids is 1. The van der Waals surface area contributed by atoms with Gasteiger partial charge in [0.25, 0.3) is 0 Å². The van der Waals surface area contributed by atoms with Crippen molar-refractivity contribution in [3.8, 4) is 0 Å². The number of nitrogens with zero attached hydrogens (tertiary/aromatic N) is 1. The largest absolute Gasteiger partial charge is 0.435 e. The minimum absolute atomic E-state index is 0.0822. The van der Waals surface area contributed by atoms with Gasteiger partial charge in [-0.1, -0.05) is 18.2 Å². The fourth-order valence-corrected chi connectivity index (χ4v) is 4.44. The number of fused-ring (bicyclic) bond motifs is 3. The van der Waals surface area contributed by atoms with Gasteiger partial charge in [-0.3, -0.25) is 9.69 Å². The van der Waals surface area contributed by atoms with Gasteiger partial charge in [-0.05, 0) is 43.9 Å². The summed E-state index contributed by atoms with van der Waals surface area (Å²) in [5.74, 6) is -0.648. The highest BCUT2D eigenvalue weighted by Crippen LogP contribution is 2.54. The molecule has 1 saturated heterocycles. The van der Waals surface area contributed by atoms with Gasteiger partial charge in [0.15, 0.2) is 0 Å². The third kappa shape index (κ3) is 3.05. The van der Waals surface area contributed by atoms with E-state index < -0.39 is 35.5 Å². The highest BCUT2D eigenvalue weighted by atomic mass is 19.4. The molecule has 0 bridgehead atoms. The quantitative estimate of drug-likeness (QED) is 0.765. The maximum Gasteiger partial charge on any atom is 0.435 e. The Morgan fingerprint density at radius 3 is 2.25 bits per heavy atom. The van der Waals surface area contributed by atoms with Crippen molar-refractivity contribution in [2.75, 3.05) is 6.54 Å². The summed E-state index contributed by atoms with van der Waals surface area (Å²) in [5, 5.41) is 0. The van der Waals surface area contributed by atoms with Crippen LogP contribution in [0.5, 0.6) is 0 Å². The monoisotopic (exact) mass is 412 g/mol. The van der Waals surface area contributed by atoms with Crippen molar-refractivity contribution >= 4 is 5.91 Å². The molecule has 2 aliphatic rings. The molecule has 28 heavy (non-hydrogen) atoms. The van der Waals surface area contributed by atoms with Crippen LogP contribution in [0.25, 0.3) is 0 Å². The van der Waals surface area contributed by atoms with E-state index in [1.807, 2.05) is 4.90 Å². The second-order valence-electron chi connectivity index (χ2n) is 7.38. The van der Waals surface area contributed by atoms with Crippen molar-refractivity contribution in [1.29, 1.82) is 0 Å². The van der Waals surface area contributed by atoms with Gasteiger partial charge in [0.2, 0.25) is 5.91 Å². The number of rotatable bonds is 3. The smallest absolute Gasteiger partial charge is 0.368 e. The summed E-state index contributed by atoms with van der Waals surface area (Å²) < 4.78 is 92.3. The summed E-state index contributed by atoms with van der Waals surface area (Å²) in [4.78, 5) is 13.4. The number of aryl methyl sites for hydroxylation is 1. The Morgan fingerprint density at radius 1 is 1.11 bits per heavy atom. The summed E-state index contributed by atoms with van der Waals surface area (Å²) in [5.41, 5.74) is -0.647. The predicted molar refractivity (Wildman–Crippen MR) is 86.2 cm³/mol. The second kappa shape index (κ2) is 6.60. The number of carbonyl (C=O) groups is 1. The van der Waals surface area contributed by atoms with Crippen LogP contribution < -0.4 is 5.73 Å². The fraction of sp³-hybridized carbons (Fsp3) is 0.611. The first kappa shape index (κ1) is 20.9. The molecule has 3 unspecified atom stereocenters. The van der Waals surface area contributed by atoms with Crippen LogP contribution in [0.3, 0.4) is 0 Å². The Labute approximate surface area is 156 Å². The van der Waals surface area contributed by atoms with Gasteiger partial charge in [-0.25, -0.2) is 4.39 Å². The van der Waals surface area contributed by atoms with Crippen LogP contribution in [-0.2, 0) is 16.9 Å². The molecule has 1 aliphatic carbocycles. The molecule has 1 aliphatic heterocycles. The fourth-order valence-electron chi connectivity index (χ4n) is 4.44. The standard InChI is InChI=1S/C18H19F7N2O/c1-9(15(26)28)27-7-6-13-12-4-3-11(8-10(12)2-5-14(13)27)16(19,17(20,21)22)18(23,24)25/h3-4,8-9,13-14H,2,5-7H2,1H3,(H2,26,28). The molecule has 0 radical (unpaired) electrons. The van der Waals surface area contributed by atoms with Crippen LogP contribution in [0.15, 0.2) is 18.2 Å². The molecule has 156 valence electrons. The molecule has 1 aromatic rings. The van der Waals surface area contributed by atoms with Gasteiger partial charge < -0.3 is 5.73 Å². The molecule has 3 atom stereocenters. The minimum Gasteiger partial charge on any atom is -0.368 e. The Morgan fingerprint density at radius 2 is 1.71 bits per heavy atom. The van der Waals surface area contributed by atoms with Crippen molar-refractivity contribution in [1.82, 2.24) is 4.90 Å². The number of primary amides is 1. The maximum absolute atomic E-state index is 14.3. The van der Waals surface area contributed by atoms with Crippen LogP contribution >= 0.6 is 0 Å². The van der Waals surface area contributed by atoms with E-state index >= 15 is 0 Å². The van der Waals surface area contributed by atoms with Gasteiger partial charge in [-0.15, -0.1) is 0 Å². The number of hydrogen-bond donors (Lipinski definition) is 1. The molecule has 1 amide bonds. The van der Waals surface area contributed by atoms with E-state index in [2.05, 4.69) is 0 Å². The molecular formula is C18H19F7N2O. The molecule has 2 N–H and O–H groups in total. The number of likely N-dealkylation sites (tertiary alicyclic amines) is 1. The highest BCUT2D eigenvalue weighted by molar-refractivity contribution is 5.79. The zero-order valence-corrected chi connectivity index (χ0v) is 14.9. The van der Waals surface area contributed by atoms with Crippen molar-refractivity contribution in [2.24, 2.45) is 5.73 Å². The Balaban J connectivity index is 1.98. The summed E-state index contributed by atoms with van der Waals surface area (Å²) in [7, 11) is 0. The Bertz CT molecular complexity index is 760. The molecule has 1 fully saturated rings. The molecule has 1 aromatic carbocycles. The van der Waals surface area contributed by atoms with E-state index in [4.69, 9.17) is 5.73 Å². The normalized spacial score (nSPS) is 24.6. The SMILES string of the molecule is CC(C(N)=O)N1CCC2c3ccc(C(F)(C(F)(F)F)C(F)(F)F)cc3CCC21. The molecule has 3 nitrogen and oxygen atoms in total. The van der Waals surface area contributed by atoms with Crippen molar-refractivity contribution in [2.45, 2.75) is 62.2 Å². The first-order valence-electron chi connectivity index (χ1n) is 8.79. The van der Waals surface area contributed by atoms with E-state index in [9.17, 15) is 35.5 Å². The number of nitrogens with two attached hydrogens (primary N) is 1. The minimum atomic E-state index is -6.13. The number of alkyl halides is 7. The first-order chi connectivity index (χ1) is 12.8. The highest BCUT2D eigenvalue weighted by Gasteiger charge is 2.73. The van der Waals surface area contributed by atoms with Crippen molar-refractivity contribution in [3.05, 3.63) is 34.9 Å². The third-order valence-corrected chi connectivity index (χ3v) is 5.93. The van der Waals surface area contributed by atoms with Crippen molar-refractivity contribution in [3.63, 3.8) is 0 Å². The lowest BCUT2D eigenvalue weighted by atomic mass is 9.77. The maximum atomic E-state index is 14.3. The molecule has 10 heteroatoms. The van der Waals surface area contributed by atoms with E-state index in [0.717, 1.165) is 6.07 Å². The predicted octanol–water partition coefficient (Wildman–Crippen LogP) is 3.95. The molecule has 1 heterocycles. The number of hydrogen-bond acceptors (Lipinski definition) is 2. The van der Waals surface area contributed by atoms with E-state index in [1.165, 1.54) is 0 Å². The van der Waals surface area contributed by atoms with E-state index in [1.54, 1.807) is 6.92 Å².